The Kier molecular flexibility index (Phi) is 3.43. The van der Waals surface area contributed by atoms with E-state index in [1.165, 1.54) is 0 Å². The van der Waals surface area contributed by atoms with E-state index in [0.29, 0.717) is 5.82 Å². The van der Waals surface area contributed by atoms with Gasteiger partial charge in [0, 0.05) is 26.2 Å². The normalized spacial score (nSPS) is 16.9. The van der Waals surface area contributed by atoms with Crippen molar-refractivity contribution in [3.63, 3.8) is 0 Å². The van der Waals surface area contributed by atoms with Crippen molar-refractivity contribution in [2.24, 2.45) is 16.5 Å². The second-order valence-electron chi connectivity index (χ2n) is 4.20. The second kappa shape index (κ2) is 5.01. The van der Waals surface area contributed by atoms with Crippen LogP contribution in [0.2, 0.25) is 0 Å². The lowest BCUT2D eigenvalue weighted by atomic mass is 10.3. The first kappa shape index (κ1) is 11.7. The Hall–Kier alpha value is -1.82. The van der Waals surface area contributed by atoms with E-state index in [2.05, 4.69) is 26.8 Å². The van der Waals surface area contributed by atoms with Crippen LogP contribution in [0.25, 0.3) is 0 Å². The number of aliphatic imine (C=N–C) groups is 1. The molecule has 0 unspecified atom stereocenters. The van der Waals surface area contributed by atoms with Crippen molar-refractivity contribution >= 4 is 17.5 Å². The van der Waals surface area contributed by atoms with Crippen molar-refractivity contribution in [3.05, 3.63) is 18.3 Å². The van der Waals surface area contributed by atoms with Crippen LogP contribution in [0.5, 0.6) is 0 Å². The van der Waals surface area contributed by atoms with Crippen LogP contribution in [-0.2, 0) is 0 Å². The predicted octanol–water partition coefficient (Wildman–Crippen LogP) is -0.262. The molecule has 2 heterocycles. The molecule has 6 heteroatoms. The topological polar surface area (TPSA) is 83.8 Å². The molecule has 0 aliphatic carbocycles. The Bertz CT molecular complexity index is 387. The number of nitrogens with zero attached hydrogens (tertiary/aromatic N) is 4. The minimum Gasteiger partial charge on any atom is -0.370 e. The molecule has 0 radical (unpaired) electrons. The quantitative estimate of drug-likeness (QED) is 0.544. The number of nitrogens with two attached hydrogens (primary N) is 2. The summed E-state index contributed by atoms with van der Waals surface area (Å²) < 4.78 is 0. The monoisotopic (exact) mass is 234 g/mol. The highest BCUT2D eigenvalue weighted by Crippen LogP contribution is 2.17. The molecule has 92 valence electrons. The van der Waals surface area contributed by atoms with Crippen LogP contribution >= 0.6 is 0 Å². The molecule has 1 aromatic rings. The highest BCUT2D eigenvalue weighted by Gasteiger charge is 2.14. The van der Waals surface area contributed by atoms with Gasteiger partial charge in [-0.2, -0.15) is 4.99 Å². The van der Waals surface area contributed by atoms with Gasteiger partial charge >= 0.3 is 0 Å². The Morgan fingerprint density at radius 3 is 2.47 bits per heavy atom. The number of pyridine rings is 1. The first-order valence-electron chi connectivity index (χ1n) is 5.64. The summed E-state index contributed by atoms with van der Waals surface area (Å²) in [6, 6.07) is 3.83. The number of rotatable bonds is 2. The van der Waals surface area contributed by atoms with Crippen LogP contribution < -0.4 is 16.4 Å². The van der Waals surface area contributed by atoms with Crippen LogP contribution in [0, 0.1) is 0 Å². The standard InChI is InChI=1S/C11H18N6/c1-16-4-6-17(7-5-16)9-2-3-10(14-8-9)15-11(12)13/h2-3,8H,4-7H2,1H3,(H4,12,13,14,15). The van der Waals surface area contributed by atoms with Crippen molar-refractivity contribution < 1.29 is 0 Å². The third kappa shape index (κ3) is 3.07. The number of likely N-dealkylation sites (N-methyl/N-ethyl adjacent to an activating group) is 1. The fourth-order valence-corrected chi connectivity index (χ4v) is 1.83. The zero-order valence-electron chi connectivity index (χ0n) is 10.0. The van der Waals surface area contributed by atoms with E-state index < -0.39 is 0 Å². The molecule has 2 rings (SSSR count). The number of piperazine rings is 1. The van der Waals surface area contributed by atoms with E-state index in [4.69, 9.17) is 11.5 Å². The number of guanidine groups is 1. The van der Waals surface area contributed by atoms with Crippen LogP contribution in [0.3, 0.4) is 0 Å². The number of hydrogen-bond acceptors (Lipinski definition) is 4. The fraction of sp³-hybridized carbons (Fsp3) is 0.455. The summed E-state index contributed by atoms with van der Waals surface area (Å²) in [5.41, 5.74) is 11.7. The molecule has 0 saturated carbocycles. The molecule has 0 aromatic carbocycles. The molecule has 1 fully saturated rings. The van der Waals surface area contributed by atoms with Gasteiger partial charge in [-0.05, 0) is 19.2 Å². The third-order valence-corrected chi connectivity index (χ3v) is 2.84. The summed E-state index contributed by atoms with van der Waals surface area (Å²) in [4.78, 5) is 12.7. The second-order valence-corrected chi connectivity index (χ2v) is 4.20. The van der Waals surface area contributed by atoms with Crippen LogP contribution in [0.1, 0.15) is 0 Å². The van der Waals surface area contributed by atoms with Crippen molar-refractivity contribution in [3.8, 4) is 0 Å². The van der Waals surface area contributed by atoms with E-state index in [1.54, 1.807) is 0 Å². The van der Waals surface area contributed by atoms with Crippen molar-refractivity contribution in [2.45, 2.75) is 0 Å². The Morgan fingerprint density at radius 2 is 1.94 bits per heavy atom. The van der Waals surface area contributed by atoms with E-state index in [-0.39, 0.29) is 5.96 Å². The zero-order chi connectivity index (χ0) is 12.3. The first-order chi connectivity index (χ1) is 8.15. The fourth-order valence-electron chi connectivity index (χ4n) is 1.83. The lowest BCUT2D eigenvalue weighted by molar-refractivity contribution is 0.313. The number of hydrogen-bond donors (Lipinski definition) is 2. The van der Waals surface area contributed by atoms with E-state index >= 15 is 0 Å². The van der Waals surface area contributed by atoms with Crippen molar-refractivity contribution in [1.82, 2.24) is 9.88 Å². The van der Waals surface area contributed by atoms with E-state index in [0.717, 1.165) is 31.9 Å². The minimum atomic E-state index is 0.0323. The van der Waals surface area contributed by atoms with Gasteiger partial charge in [0.05, 0.1) is 11.9 Å². The minimum absolute atomic E-state index is 0.0323. The van der Waals surface area contributed by atoms with Gasteiger partial charge in [-0.25, -0.2) is 4.98 Å². The van der Waals surface area contributed by atoms with Gasteiger partial charge in [-0.15, -0.1) is 0 Å². The maximum atomic E-state index is 5.29. The molecular weight excluding hydrogens is 216 g/mol. The SMILES string of the molecule is CN1CCN(c2ccc(N=C(N)N)nc2)CC1. The molecule has 0 amide bonds. The molecule has 1 aliphatic heterocycles. The summed E-state index contributed by atoms with van der Waals surface area (Å²) in [5.74, 6) is 0.577. The van der Waals surface area contributed by atoms with Gasteiger partial charge in [0.15, 0.2) is 11.8 Å². The molecule has 0 bridgehead atoms. The molecule has 1 aromatic heterocycles. The lowest BCUT2D eigenvalue weighted by Crippen LogP contribution is -2.44. The summed E-state index contributed by atoms with van der Waals surface area (Å²) in [5, 5.41) is 0. The zero-order valence-corrected chi connectivity index (χ0v) is 10.0. The van der Waals surface area contributed by atoms with Crippen LogP contribution in [-0.4, -0.2) is 49.1 Å². The van der Waals surface area contributed by atoms with Gasteiger partial charge in [0.2, 0.25) is 0 Å². The first-order valence-corrected chi connectivity index (χ1v) is 5.64. The summed E-state index contributed by atoms with van der Waals surface area (Å²) in [7, 11) is 2.14. The van der Waals surface area contributed by atoms with Crippen LogP contribution in [0.15, 0.2) is 23.3 Å². The lowest BCUT2D eigenvalue weighted by Gasteiger charge is -2.33. The van der Waals surface area contributed by atoms with Gasteiger partial charge in [-0.1, -0.05) is 0 Å². The summed E-state index contributed by atoms with van der Waals surface area (Å²) in [6.07, 6.45) is 1.81. The summed E-state index contributed by atoms with van der Waals surface area (Å²) >= 11 is 0. The Labute approximate surface area is 101 Å². The maximum absolute atomic E-state index is 5.29. The largest absolute Gasteiger partial charge is 0.370 e. The van der Waals surface area contributed by atoms with Gasteiger partial charge in [0.1, 0.15) is 0 Å². The molecule has 1 aliphatic rings. The molecule has 0 spiro atoms. The predicted molar refractivity (Wildman–Crippen MR) is 69.4 cm³/mol. The van der Waals surface area contributed by atoms with E-state index in [9.17, 15) is 0 Å². The molecule has 17 heavy (non-hydrogen) atoms. The molecular formula is C11H18N6. The number of anilines is 1. The third-order valence-electron chi connectivity index (χ3n) is 2.84. The van der Waals surface area contributed by atoms with E-state index in [1.807, 2.05) is 18.3 Å². The average Bonchev–Trinajstić information content (AvgIpc) is 2.30. The Morgan fingerprint density at radius 1 is 1.24 bits per heavy atom. The number of aromatic nitrogens is 1. The molecule has 4 N–H and O–H groups in total. The molecule has 0 atom stereocenters. The smallest absolute Gasteiger partial charge is 0.192 e. The highest BCUT2D eigenvalue weighted by atomic mass is 15.2. The van der Waals surface area contributed by atoms with Crippen LogP contribution in [0.4, 0.5) is 11.5 Å². The Balaban J connectivity index is 2.05. The summed E-state index contributed by atoms with van der Waals surface area (Å²) in [6.45, 7) is 4.21. The van der Waals surface area contributed by atoms with Crippen molar-refractivity contribution in [2.75, 3.05) is 38.1 Å². The van der Waals surface area contributed by atoms with Gasteiger partial charge in [0.25, 0.3) is 0 Å². The van der Waals surface area contributed by atoms with Crippen molar-refractivity contribution in [1.29, 1.82) is 0 Å². The van der Waals surface area contributed by atoms with Gasteiger partial charge < -0.3 is 21.3 Å². The maximum Gasteiger partial charge on any atom is 0.192 e. The average molecular weight is 234 g/mol. The van der Waals surface area contributed by atoms with Gasteiger partial charge in [-0.3, -0.25) is 0 Å². The highest BCUT2D eigenvalue weighted by molar-refractivity contribution is 5.78. The molecule has 6 nitrogen and oxygen atoms in total. The molecule has 1 saturated heterocycles.